The van der Waals surface area contributed by atoms with E-state index in [2.05, 4.69) is 11.6 Å². The van der Waals surface area contributed by atoms with E-state index in [0.29, 0.717) is 17.0 Å². The molecule has 0 radical (unpaired) electrons. The van der Waals surface area contributed by atoms with Crippen molar-refractivity contribution in [3.8, 4) is 0 Å². The van der Waals surface area contributed by atoms with Crippen LogP contribution in [0.2, 0.25) is 0 Å². The number of aryl methyl sites for hydroxylation is 1. The van der Waals surface area contributed by atoms with Crippen molar-refractivity contribution in [1.82, 2.24) is 9.55 Å². The highest BCUT2D eigenvalue weighted by molar-refractivity contribution is 5.99. The predicted octanol–water partition coefficient (Wildman–Crippen LogP) is 5.76. The van der Waals surface area contributed by atoms with Crippen LogP contribution in [0.1, 0.15) is 39.1 Å². The van der Waals surface area contributed by atoms with Gasteiger partial charge in [-0.1, -0.05) is 24.8 Å². The molecule has 1 aliphatic carbocycles. The summed E-state index contributed by atoms with van der Waals surface area (Å²) in [6.45, 7) is 7.24. The summed E-state index contributed by atoms with van der Waals surface area (Å²) in [4.78, 5) is 30.7. The maximum atomic E-state index is 14.6. The zero-order chi connectivity index (χ0) is 25.5. The number of carbonyl (C=O) groups excluding carboxylic acids is 1. The van der Waals surface area contributed by atoms with Crippen LogP contribution in [0.25, 0.3) is 5.57 Å². The fraction of sp³-hybridized carbons (Fsp3) is 0.148. The Kier molecular flexibility index (Phi) is 6.06. The Hall–Kier alpha value is -4.20. The number of halogens is 3. The van der Waals surface area contributed by atoms with Crippen molar-refractivity contribution >= 4 is 17.4 Å². The van der Waals surface area contributed by atoms with Crippen LogP contribution in [0.5, 0.6) is 0 Å². The van der Waals surface area contributed by atoms with Gasteiger partial charge in [-0.15, -0.1) is 0 Å². The van der Waals surface area contributed by atoms with Gasteiger partial charge in [0.05, 0.1) is 11.6 Å². The molecule has 0 amide bonds. The van der Waals surface area contributed by atoms with Gasteiger partial charge >= 0.3 is 5.97 Å². The lowest BCUT2D eigenvalue weighted by molar-refractivity contribution is -0.143. The summed E-state index contributed by atoms with van der Waals surface area (Å²) in [5, 5.41) is 10.4. The number of hydrogen-bond donors (Lipinski definition) is 1. The molecule has 0 aliphatic heterocycles. The Morgan fingerprint density at radius 2 is 1.51 bits per heavy atom. The third-order valence-electron chi connectivity index (χ3n) is 6.31. The van der Waals surface area contributed by atoms with Gasteiger partial charge in [0, 0.05) is 11.3 Å². The second-order valence-electron chi connectivity index (χ2n) is 8.31. The number of hydrogen-bond acceptors (Lipinski definition) is 3. The molecule has 8 heteroatoms. The molecular formula is C27H21F3N2O3. The van der Waals surface area contributed by atoms with Crippen molar-refractivity contribution in [3.05, 3.63) is 119 Å². The number of allylic oxidation sites excluding steroid dienone is 3. The number of benzene rings is 2. The first-order valence-corrected chi connectivity index (χ1v) is 10.7. The van der Waals surface area contributed by atoms with Crippen LogP contribution in [-0.4, -0.2) is 26.5 Å². The number of rotatable bonds is 5. The summed E-state index contributed by atoms with van der Waals surface area (Å²) >= 11 is 0. The molecule has 1 N–H and O–H groups in total. The van der Waals surface area contributed by atoms with E-state index >= 15 is 0 Å². The Labute approximate surface area is 199 Å². The largest absolute Gasteiger partial charge is 0.480 e. The number of aromatic nitrogens is 2. The van der Waals surface area contributed by atoms with Gasteiger partial charge in [0.25, 0.3) is 5.91 Å². The second kappa shape index (κ2) is 8.87. The Bertz CT molecular complexity index is 1400. The SMILES string of the molecule is C=C(c1ccc(F)cc1)C1(C(=O)O)C=CC(F)=CC1c1nc(C)c(C)n1C(=O)c1ccc(F)cc1. The van der Waals surface area contributed by atoms with Gasteiger partial charge in [-0.05, 0) is 73.5 Å². The van der Waals surface area contributed by atoms with Gasteiger partial charge in [-0.25, -0.2) is 18.2 Å². The highest BCUT2D eigenvalue weighted by atomic mass is 19.1. The van der Waals surface area contributed by atoms with Crippen LogP contribution in [0.15, 0.2) is 79.2 Å². The summed E-state index contributed by atoms with van der Waals surface area (Å²) < 4.78 is 42.8. The molecule has 0 fully saturated rings. The molecular weight excluding hydrogens is 457 g/mol. The maximum absolute atomic E-state index is 14.6. The molecule has 0 spiro atoms. The quantitative estimate of drug-likeness (QED) is 0.506. The molecule has 0 bridgehead atoms. The highest BCUT2D eigenvalue weighted by Crippen LogP contribution is 2.51. The maximum Gasteiger partial charge on any atom is 0.319 e. The zero-order valence-corrected chi connectivity index (χ0v) is 18.9. The lowest BCUT2D eigenvalue weighted by Crippen LogP contribution is -2.39. The van der Waals surface area contributed by atoms with E-state index in [1.54, 1.807) is 13.8 Å². The molecule has 0 saturated heterocycles. The average molecular weight is 478 g/mol. The summed E-state index contributed by atoms with van der Waals surface area (Å²) in [6.07, 6.45) is 3.28. The van der Waals surface area contributed by atoms with Gasteiger partial charge < -0.3 is 5.11 Å². The smallest absolute Gasteiger partial charge is 0.319 e. The van der Waals surface area contributed by atoms with Crippen LogP contribution in [0.3, 0.4) is 0 Å². The zero-order valence-electron chi connectivity index (χ0n) is 18.9. The number of aliphatic carboxylic acids is 1. The van der Waals surface area contributed by atoms with Crippen molar-refractivity contribution in [2.75, 3.05) is 0 Å². The normalized spacial score (nSPS) is 19.3. The molecule has 1 heterocycles. The van der Waals surface area contributed by atoms with E-state index in [0.717, 1.165) is 24.3 Å². The number of nitrogens with zero attached hydrogens (tertiary/aromatic N) is 2. The minimum absolute atomic E-state index is 0.0144. The van der Waals surface area contributed by atoms with Gasteiger partial charge in [-0.2, -0.15) is 0 Å². The van der Waals surface area contributed by atoms with E-state index in [1.165, 1.54) is 47.0 Å². The van der Waals surface area contributed by atoms with Gasteiger partial charge in [0.1, 0.15) is 28.7 Å². The lowest BCUT2D eigenvalue weighted by Gasteiger charge is -2.36. The molecule has 1 aromatic heterocycles. The number of carboxylic acids is 1. The average Bonchev–Trinajstić information content (AvgIpc) is 3.13. The summed E-state index contributed by atoms with van der Waals surface area (Å²) in [7, 11) is 0. The Balaban J connectivity index is 1.94. The third kappa shape index (κ3) is 4.01. The first-order chi connectivity index (χ1) is 16.6. The van der Waals surface area contributed by atoms with Crippen molar-refractivity contribution in [2.24, 2.45) is 5.41 Å². The molecule has 5 nitrogen and oxygen atoms in total. The second-order valence-corrected chi connectivity index (χ2v) is 8.31. The molecule has 1 aliphatic rings. The predicted molar refractivity (Wildman–Crippen MR) is 124 cm³/mol. The molecule has 4 rings (SSSR count). The van der Waals surface area contributed by atoms with E-state index in [4.69, 9.17) is 0 Å². The number of carboxylic acid groups (broad SMARTS) is 1. The van der Waals surface area contributed by atoms with E-state index < -0.39 is 40.7 Å². The Morgan fingerprint density at radius 1 is 0.971 bits per heavy atom. The van der Waals surface area contributed by atoms with Crippen LogP contribution in [-0.2, 0) is 4.79 Å². The fourth-order valence-electron chi connectivity index (χ4n) is 4.27. The van der Waals surface area contributed by atoms with Crippen LogP contribution in [0.4, 0.5) is 13.2 Å². The summed E-state index contributed by atoms with van der Waals surface area (Å²) in [6, 6.07) is 9.97. The summed E-state index contributed by atoms with van der Waals surface area (Å²) in [5.74, 6) is -4.97. The van der Waals surface area contributed by atoms with Crippen molar-refractivity contribution in [3.63, 3.8) is 0 Å². The topological polar surface area (TPSA) is 72.2 Å². The highest BCUT2D eigenvalue weighted by Gasteiger charge is 2.50. The van der Waals surface area contributed by atoms with E-state index in [-0.39, 0.29) is 17.0 Å². The minimum atomic E-state index is -1.93. The standard InChI is InChI=1S/C27H21F3N2O3/c1-15(18-4-8-20(28)9-5-18)27(26(34)35)13-12-22(30)14-23(27)24-31-16(2)17(3)32(24)25(33)19-6-10-21(29)11-7-19/h4-14,23H,1H2,2-3H3,(H,34,35). The third-order valence-corrected chi connectivity index (χ3v) is 6.31. The Morgan fingerprint density at radius 3 is 2.06 bits per heavy atom. The molecule has 35 heavy (non-hydrogen) atoms. The van der Waals surface area contributed by atoms with E-state index in [9.17, 15) is 27.9 Å². The summed E-state index contributed by atoms with van der Waals surface area (Å²) in [5.41, 5.74) is -0.542. The van der Waals surface area contributed by atoms with Gasteiger partial charge in [0.15, 0.2) is 0 Å². The minimum Gasteiger partial charge on any atom is -0.480 e. The van der Waals surface area contributed by atoms with Crippen LogP contribution in [0, 0.1) is 30.9 Å². The van der Waals surface area contributed by atoms with Crippen molar-refractivity contribution in [1.29, 1.82) is 0 Å². The first-order valence-electron chi connectivity index (χ1n) is 10.7. The van der Waals surface area contributed by atoms with Crippen molar-refractivity contribution in [2.45, 2.75) is 19.8 Å². The van der Waals surface area contributed by atoms with Gasteiger partial charge in [-0.3, -0.25) is 14.2 Å². The van der Waals surface area contributed by atoms with Crippen LogP contribution >= 0.6 is 0 Å². The molecule has 3 aromatic rings. The monoisotopic (exact) mass is 478 g/mol. The number of carbonyl (C=O) groups is 2. The molecule has 2 unspecified atom stereocenters. The molecule has 2 atom stereocenters. The van der Waals surface area contributed by atoms with E-state index in [1.807, 2.05) is 0 Å². The molecule has 178 valence electrons. The molecule has 2 aromatic carbocycles. The van der Waals surface area contributed by atoms with Crippen molar-refractivity contribution < 1.29 is 27.9 Å². The first kappa shape index (κ1) is 23.9. The molecule has 0 saturated carbocycles. The lowest BCUT2D eigenvalue weighted by atomic mass is 9.65. The fourth-order valence-corrected chi connectivity index (χ4v) is 4.27. The van der Waals surface area contributed by atoms with Crippen LogP contribution < -0.4 is 0 Å². The number of imidazole rings is 1. The van der Waals surface area contributed by atoms with Gasteiger partial charge in [0.2, 0.25) is 0 Å².